The van der Waals surface area contributed by atoms with Gasteiger partial charge in [-0.2, -0.15) is 15.3 Å². The van der Waals surface area contributed by atoms with E-state index in [1.807, 2.05) is 0 Å². The van der Waals surface area contributed by atoms with Crippen LogP contribution in [0, 0.1) is 24.1 Å². The number of nitriles is 1. The van der Waals surface area contributed by atoms with Crippen LogP contribution in [0.2, 0.25) is 0 Å². The van der Waals surface area contributed by atoms with Gasteiger partial charge in [-0.3, -0.25) is 0 Å². The molecule has 4 rings (SSSR count). The molecule has 8 heteroatoms. The van der Waals surface area contributed by atoms with Crippen LogP contribution in [-0.2, 0) is 0 Å². The van der Waals surface area contributed by atoms with Crippen molar-refractivity contribution in [3.8, 4) is 40.4 Å². The van der Waals surface area contributed by atoms with Crippen LogP contribution >= 0.6 is 0 Å². The molecule has 0 fully saturated rings. The van der Waals surface area contributed by atoms with E-state index in [1.165, 1.54) is 35.3 Å². The molecule has 0 saturated heterocycles. The van der Waals surface area contributed by atoms with E-state index in [2.05, 4.69) is 21.1 Å². The summed E-state index contributed by atoms with van der Waals surface area (Å²) in [5, 5.41) is 22.9. The summed E-state index contributed by atoms with van der Waals surface area (Å²) in [6.07, 6.45) is 2.69. The fourth-order valence-corrected chi connectivity index (χ4v) is 2.81. The van der Waals surface area contributed by atoms with Crippen LogP contribution in [0.1, 0.15) is 11.4 Å². The number of nitrogens with zero attached hydrogens (tertiary/aromatic N) is 5. The molecule has 0 unspecified atom stereocenters. The number of hydrogen-bond acceptors (Lipinski definition) is 6. The zero-order valence-corrected chi connectivity index (χ0v) is 15.2. The minimum absolute atomic E-state index is 0.0139. The molecule has 29 heavy (non-hydrogen) atoms. The number of aromatic nitrogens is 4. The van der Waals surface area contributed by atoms with Gasteiger partial charge < -0.3 is 9.84 Å². The molecule has 2 aromatic carbocycles. The summed E-state index contributed by atoms with van der Waals surface area (Å²) in [5.74, 6) is 0.458. The highest BCUT2D eigenvalue weighted by Crippen LogP contribution is 2.31. The van der Waals surface area contributed by atoms with Crippen molar-refractivity contribution < 1.29 is 14.2 Å². The Morgan fingerprint density at radius 3 is 2.69 bits per heavy atom. The van der Waals surface area contributed by atoms with Gasteiger partial charge >= 0.3 is 0 Å². The van der Waals surface area contributed by atoms with Crippen molar-refractivity contribution in [1.29, 1.82) is 5.26 Å². The molecule has 2 aromatic heterocycles. The lowest BCUT2D eigenvalue weighted by molar-refractivity contribution is 0.455. The molecule has 1 N–H and O–H groups in total. The predicted molar refractivity (Wildman–Crippen MR) is 102 cm³/mol. The molecular formula is C21H14FN5O2. The third-order valence-corrected chi connectivity index (χ3v) is 4.08. The third kappa shape index (κ3) is 3.75. The second kappa shape index (κ2) is 7.40. The van der Waals surface area contributed by atoms with Crippen LogP contribution < -0.4 is 4.74 Å². The van der Waals surface area contributed by atoms with Crippen molar-refractivity contribution >= 4 is 0 Å². The summed E-state index contributed by atoms with van der Waals surface area (Å²) >= 11 is 0. The first kappa shape index (κ1) is 18.1. The predicted octanol–water partition coefficient (Wildman–Crippen LogP) is 4.15. The number of hydrogen-bond donors (Lipinski definition) is 1. The van der Waals surface area contributed by atoms with E-state index in [9.17, 15) is 14.8 Å². The molecule has 0 saturated carbocycles. The van der Waals surface area contributed by atoms with Crippen molar-refractivity contribution in [2.75, 3.05) is 0 Å². The lowest BCUT2D eigenvalue weighted by Gasteiger charge is -2.12. The van der Waals surface area contributed by atoms with Crippen LogP contribution in [0.15, 0.2) is 60.9 Å². The Hall–Kier alpha value is -4.25. The summed E-state index contributed by atoms with van der Waals surface area (Å²) < 4.78 is 21.5. The molecule has 142 valence electrons. The molecule has 7 nitrogen and oxygen atoms in total. The van der Waals surface area contributed by atoms with Gasteiger partial charge in [0.1, 0.15) is 17.3 Å². The second-order valence-corrected chi connectivity index (χ2v) is 6.16. The summed E-state index contributed by atoms with van der Waals surface area (Å²) in [7, 11) is 0. The topological polar surface area (TPSA) is 96.8 Å². The fourth-order valence-electron chi connectivity index (χ4n) is 2.81. The van der Waals surface area contributed by atoms with Crippen LogP contribution in [0.4, 0.5) is 4.39 Å². The zero-order valence-electron chi connectivity index (χ0n) is 15.2. The highest BCUT2D eigenvalue weighted by molar-refractivity contribution is 5.61. The minimum atomic E-state index is -0.407. The Labute approximate surface area is 165 Å². The van der Waals surface area contributed by atoms with Crippen molar-refractivity contribution in [2.24, 2.45) is 0 Å². The van der Waals surface area contributed by atoms with E-state index in [0.717, 1.165) is 0 Å². The van der Waals surface area contributed by atoms with E-state index >= 15 is 0 Å². The number of rotatable bonds is 4. The average molecular weight is 387 g/mol. The standard InChI is InChI=1S/C21H14FN5O2/c1-13-25-18(16-4-2-3-5-17(16)22)9-21(26-13)29-20-8-14(10-23)6-7-19(20)27-12-15(28)11-24-27/h2-9,11-12,28H,1H3. The van der Waals surface area contributed by atoms with Gasteiger partial charge in [-0.25, -0.2) is 14.1 Å². The first-order valence-corrected chi connectivity index (χ1v) is 8.60. The number of aromatic hydroxyl groups is 1. The highest BCUT2D eigenvalue weighted by Gasteiger charge is 2.14. The molecule has 2 heterocycles. The molecule has 0 amide bonds. The van der Waals surface area contributed by atoms with Gasteiger partial charge in [-0.05, 0) is 31.2 Å². The van der Waals surface area contributed by atoms with E-state index in [-0.39, 0.29) is 11.6 Å². The summed E-state index contributed by atoms with van der Waals surface area (Å²) in [4.78, 5) is 8.55. The maximum atomic E-state index is 14.2. The van der Waals surface area contributed by atoms with Crippen molar-refractivity contribution in [3.63, 3.8) is 0 Å². The van der Waals surface area contributed by atoms with Gasteiger partial charge in [0.05, 0.1) is 29.7 Å². The first-order chi connectivity index (χ1) is 14.0. The molecule has 0 aliphatic rings. The monoisotopic (exact) mass is 387 g/mol. The molecule has 0 aliphatic heterocycles. The lowest BCUT2D eigenvalue weighted by atomic mass is 10.1. The van der Waals surface area contributed by atoms with Crippen molar-refractivity contribution in [2.45, 2.75) is 6.92 Å². The van der Waals surface area contributed by atoms with E-state index in [1.54, 1.807) is 37.3 Å². The molecule has 4 aromatic rings. The van der Waals surface area contributed by atoms with E-state index in [4.69, 9.17) is 4.74 Å². The van der Waals surface area contributed by atoms with E-state index in [0.29, 0.717) is 34.1 Å². The molecule has 0 aliphatic carbocycles. The van der Waals surface area contributed by atoms with Gasteiger partial charge in [0.15, 0.2) is 11.5 Å². The second-order valence-electron chi connectivity index (χ2n) is 6.16. The van der Waals surface area contributed by atoms with E-state index < -0.39 is 5.82 Å². The molecule has 0 spiro atoms. The number of ether oxygens (including phenoxy) is 1. The Morgan fingerprint density at radius 1 is 1.14 bits per heavy atom. The van der Waals surface area contributed by atoms with Crippen LogP contribution in [-0.4, -0.2) is 24.9 Å². The zero-order chi connectivity index (χ0) is 20.4. The molecule has 0 atom stereocenters. The maximum absolute atomic E-state index is 14.2. The first-order valence-electron chi connectivity index (χ1n) is 8.60. The Morgan fingerprint density at radius 2 is 1.97 bits per heavy atom. The normalized spacial score (nSPS) is 10.5. The SMILES string of the molecule is Cc1nc(Oc2cc(C#N)ccc2-n2cc(O)cn2)cc(-c2ccccc2F)n1. The average Bonchev–Trinajstić information content (AvgIpc) is 3.14. The van der Waals surface area contributed by atoms with Crippen molar-refractivity contribution in [3.05, 3.63) is 78.1 Å². The van der Waals surface area contributed by atoms with Crippen LogP contribution in [0.25, 0.3) is 16.9 Å². The Kier molecular flexibility index (Phi) is 4.63. The van der Waals surface area contributed by atoms with Crippen molar-refractivity contribution in [1.82, 2.24) is 19.7 Å². The number of halogens is 1. The molecular weight excluding hydrogens is 373 g/mol. The Balaban J connectivity index is 1.78. The van der Waals surface area contributed by atoms with Crippen LogP contribution in [0.3, 0.4) is 0 Å². The minimum Gasteiger partial charge on any atom is -0.505 e. The van der Waals surface area contributed by atoms with Gasteiger partial charge in [0, 0.05) is 17.7 Å². The smallest absolute Gasteiger partial charge is 0.223 e. The third-order valence-electron chi connectivity index (χ3n) is 4.08. The lowest BCUT2D eigenvalue weighted by Crippen LogP contribution is -2.01. The molecule has 0 bridgehead atoms. The summed E-state index contributed by atoms with van der Waals surface area (Å²) in [6.45, 7) is 1.68. The fraction of sp³-hybridized carbons (Fsp3) is 0.0476. The van der Waals surface area contributed by atoms with Gasteiger partial charge in [-0.1, -0.05) is 12.1 Å². The Bertz CT molecular complexity index is 1250. The highest BCUT2D eigenvalue weighted by atomic mass is 19.1. The van der Waals surface area contributed by atoms with Gasteiger partial charge in [-0.15, -0.1) is 0 Å². The molecule has 0 radical (unpaired) electrons. The quantitative estimate of drug-likeness (QED) is 0.565. The number of aryl methyl sites for hydroxylation is 1. The summed E-state index contributed by atoms with van der Waals surface area (Å²) in [5.41, 5.74) is 1.57. The number of benzene rings is 2. The van der Waals surface area contributed by atoms with Crippen LogP contribution in [0.5, 0.6) is 17.4 Å². The maximum Gasteiger partial charge on any atom is 0.223 e. The summed E-state index contributed by atoms with van der Waals surface area (Å²) in [6, 6.07) is 14.7. The van der Waals surface area contributed by atoms with Gasteiger partial charge in [0.2, 0.25) is 5.88 Å². The largest absolute Gasteiger partial charge is 0.505 e. The van der Waals surface area contributed by atoms with Gasteiger partial charge in [0.25, 0.3) is 0 Å².